The van der Waals surface area contributed by atoms with Gasteiger partial charge in [-0.05, 0) is 49.4 Å². The topological polar surface area (TPSA) is 47.3 Å². The summed E-state index contributed by atoms with van der Waals surface area (Å²) >= 11 is 12.3. The van der Waals surface area contributed by atoms with Gasteiger partial charge in [-0.2, -0.15) is 0 Å². The van der Waals surface area contributed by atoms with Crippen molar-refractivity contribution < 1.29 is 4.74 Å². The maximum atomic E-state index is 6.23. The van der Waals surface area contributed by atoms with Crippen LogP contribution in [-0.4, -0.2) is 12.7 Å². The highest BCUT2D eigenvalue weighted by atomic mass is 35.5. The lowest BCUT2D eigenvalue weighted by Crippen LogP contribution is -2.39. The highest BCUT2D eigenvalue weighted by Gasteiger charge is 2.38. The van der Waals surface area contributed by atoms with E-state index in [4.69, 9.17) is 33.8 Å². The Morgan fingerprint density at radius 1 is 1.44 bits per heavy atom. The van der Waals surface area contributed by atoms with Gasteiger partial charge < -0.3 is 4.74 Å². The average molecular weight is 289 g/mol. The molecule has 0 saturated heterocycles. The minimum atomic E-state index is -0.122. The van der Waals surface area contributed by atoms with Crippen molar-refractivity contribution in [2.75, 3.05) is 6.61 Å². The van der Waals surface area contributed by atoms with Gasteiger partial charge in [0.05, 0.1) is 12.1 Å². The van der Waals surface area contributed by atoms with Crippen LogP contribution in [0.5, 0.6) is 0 Å². The maximum Gasteiger partial charge on any atom is 0.0811 e. The molecule has 0 radical (unpaired) electrons. The average Bonchev–Trinajstić information content (AvgIpc) is 3.17. The largest absolute Gasteiger partial charge is 0.376 e. The first-order chi connectivity index (χ1) is 8.67. The van der Waals surface area contributed by atoms with Crippen LogP contribution in [0.25, 0.3) is 0 Å². The normalized spacial score (nSPS) is 18.7. The SMILES string of the molecule is CCOC(C1CC1)C(NN)c1cc(Cl)ccc1Cl. The van der Waals surface area contributed by atoms with E-state index in [9.17, 15) is 0 Å². The molecule has 0 aliphatic heterocycles. The quantitative estimate of drug-likeness (QED) is 0.624. The monoisotopic (exact) mass is 288 g/mol. The summed E-state index contributed by atoms with van der Waals surface area (Å²) in [5.74, 6) is 6.25. The van der Waals surface area contributed by atoms with Crippen LogP contribution in [0.1, 0.15) is 31.4 Å². The second kappa shape index (κ2) is 6.22. The molecule has 1 aliphatic carbocycles. The third-order valence-electron chi connectivity index (χ3n) is 3.25. The molecule has 2 unspecified atom stereocenters. The standard InChI is InChI=1S/C13H18Cl2N2O/c1-2-18-13(8-3-4-8)12(17-16)10-7-9(14)5-6-11(10)15/h5-8,12-13,17H,2-4,16H2,1H3. The summed E-state index contributed by atoms with van der Waals surface area (Å²) in [7, 11) is 0. The Morgan fingerprint density at radius 2 is 2.17 bits per heavy atom. The second-order valence-electron chi connectivity index (χ2n) is 4.57. The van der Waals surface area contributed by atoms with E-state index in [-0.39, 0.29) is 12.1 Å². The van der Waals surface area contributed by atoms with Crippen LogP contribution in [0.3, 0.4) is 0 Å². The molecule has 0 aromatic heterocycles. The van der Waals surface area contributed by atoms with E-state index < -0.39 is 0 Å². The first kappa shape index (κ1) is 14.1. The lowest BCUT2D eigenvalue weighted by molar-refractivity contribution is 0.0185. The van der Waals surface area contributed by atoms with Crippen molar-refractivity contribution in [2.45, 2.75) is 31.9 Å². The number of halogens is 2. The zero-order valence-corrected chi connectivity index (χ0v) is 11.8. The molecule has 0 spiro atoms. The number of rotatable bonds is 6. The summed E-state index contributed by atoms with van der Waals surface area (Å²) in [6.07, 6.45) is 2.41. The Kier molecular flexibility index (Phi) is 4.87. The van der Waals surface area contributed by atoms with Gasteiger partial charge in [0.15, 0.2) is 0 Å². The molecule has 5 heteroatoms. The molecule has 0 bridgehead atoms. The number of nitrogens with two attached hydrogens (primary N) is 1. The lowest BCUT2D eigenvalue weighted by Gasteiger charge is -2.27. The Bertz CT molecular complexity index is 410. The molecular weight excluding hydrogens is 271 g/mol. The summed E-state index contributed by atoms with van der Waals surface area (Å²) < 4.78 is 5.82. The Labute approximate surface area is 118 Å². The van der Waals surface area contributed by atoms with Crippen molar-refractivity contribution >= 4 is 23.2 Å². The van der Waals surface area contributed by atoms with Gasteiger partial charge in [0, 0.05) is 16.7 Å². The molecular formula is C13H18Cl2N2O. The second-order valence-corrected chi connectivity index (χ2v) is 5.41. The van der Waals surface area contributed by atoms with Gasteiger partial charge in [-0.15, -0.1) is 0 Å². The summed E-state index contributed by atoms with van der Waals surface area (Å²) in [6.45, 7) is 2.65. The number of hydrogen-bond donors (Lipinski definition) is 2. The van der Waals surface area contributed by atoms with Crippen molar-refractivity contribution in [1.29, 1.82) is 0 Å². The Hall–Kier alpha value is -0.320. The summed E-state index contributed by atoms with van der Waals surface area (Å²) in [4.78, 5) is 0. The van der Waals surface area contributed by atoms with Gasteiger partial charge in [0.2, 0.25) is 0 Å². The van der Waals surface area contributed by atoms with Gasteiger partial charge in [0.25, 0.3) is 0 Å². The molecule has 100 valence electrons. The van der Waals surface area contributed by atoms with E-state index in [1.807, 2.05) is 13.0 Å². The Balaban J connectivity index is 2.27. The van der Waals surface area contributed by atoms with Gasteiger partial charge in [-0.25, -0.2) is 0 Å². The predicted molar refractivity (Wildman–Crippen MR) is 74.7 cm³/mol. The minimum Gasteiger partial charge on any atom is -0.376 e. The molecule has 0 amide bonds. The van der Waals surface area contributed by atoms with Crippen LogP contribution in [0.15, 0.2) is 18.2 Å². The van der Waals surface area contributed by atoms with Crippen LogP contribution in [0, 0.1) is 5.92 Å². The van der Waals surface area contributed by atoms with Crippen molar-refractivity contribution in [3.63, 3.8) is 0 Å². The number of benzene rings is 1. The van der Waals surface area contributed by atoms with Crippen LogP contribution in [-0.2, 0) is 4.74 Å². The van der Waals surface area contributed by atoms with Gasteiger partial charge in [-0.1, -0.05) is 23.2 Å². The van der Waals surface area contributed by atoms with Crippen LogP contribution < -0.4 is 11.3 Å². The summed E-state index contributed by atoms with van der Waals surface area (Å²) in [5, 5.41) is 1.31. The zero-order valence-electron chi connectivity index (χ0n) is 10.3. The third kappa shape index (κ3) is 3.16. The lowest BCUT2D eigenvalue weighted by atomic mass is 9.98. The molecule has 1 aromatic rings. The van der Waals surface area contributed by atoms with Crippen LogP contribution in [0.2, 0.25) is 10.0 Å². The molecule has 3 nitrogen and oxygen atoms in total. The molecule has 1 saturated carbocycles. The molecule has 2 rings (SSSR count). The van der Waals surface area contributed by atoms with Crippen molar-refractivity contribution in [2.24, 2.45) is 11.8 Å². The fourth-order valence-electron chi connectivity index (χ4n) is 2.24. The summed E-state index contributed by atoms with van der Waals surface area (Å²) in [5.41, 5.74) is 3.72. The van der Waals surface area contributed by atoms with Gasteiger partial charge >= 0.3 is 0 Å². The van der Waals surface area contributed by atoms with Crippen molar-refractivity contribution in [3.05, 3.63) is 33.8 Å². The van der Waals surface area contributed by atoms with E-state index in [2.05, 4.69) is 5.43 Å². The van der Waals surface area contributed by atoms with E-state index >= 15 is 0 Å². The molecule has 3 N–H and O–H groups in total. The number of hydrogen-bond acceptors (Lipinski definition) is 3. The smallest absolute Gasteiger partial charge is 0.0811 e. The van der Waals surface area contributed by atoms with Crippen LogP contribution >= 0.6 is 23.2 Å². The minimum absolute atomic E-state index is 0.0518. The predicted octanol–water partition coefficient (Wildman–Crippen LogP) is 3.31. The molecule has 1 aliphatic rings. The van der Waals surface area contributed by atoms with Gasteiger partial charge in [0.1, 0.15) is 0 Å². The molecule has 0 heterocycles. The van der Waals surface area contributed by atoms with Crippen LogP contribution in [0.4, 0.5) is 0 Å². The summed E-state index contributed by atoms with van der Waals surface area (Å²) in [6, 6.07) is 5.29. The molecule has 18 heavy (non-hydrogen) atoms. The Morgan fingerprint density at radius 3 is 2.72 bits per heavy atom. The fourth-order valence-corrected chi connectivity index (χ4v) is 2.65. The highest BCUT2D eigenvalue weighted by molar-refractivity contribution is 6.33. The molecule has 2 atom stereocenters. The van der Waals surface area contributed by atoms with E-state index in [1.54, 1.807) is 12.1 Å². The number of ether oxygens (including phenoxy) is 1. The van der Waals surface area contributed by atoms with E-state index in [1.165, 1.54) is 12.8 Å². The first-order valence-corrected chi connectivity index (χ1v) is 6.95. The zero-order chi connectivity index (χ0) is 13.1. The highest BCUT2D eigenvalue weighted by Crippen LogP contribution is 2.41. The van der Waals surface area contributed by atoms with Crippen molar-refractivity contribution in [3.8, 4) is 0 Å². The van der Waals surface area contributed by atoms with Crippen molar-refractivity contribution in [1.82, 2.24) is 5.43 Å². The maximum absolute atomic E-state index is 6.23. The molecule has 1 fully saturated rings. The van der Waals surface area contributed by atoms with E-state index in [0.717, 1.165) is 5.56 Å². The third-order valence-corrected chi connectivity index (χ3v) is 3.83. The van der Waals surface area contributed by atoms with Gasteiger partial charge in [-0.3, -0.25) is 11.3 Å². The number of nitrogens with one attached hydrogen (secondary N) is 1. The first-order valence-electron chi connectivity index (χ1n) is 6.20. The molecule has 1 aromatic carbocycles. The fraction of sp³-hybridized carbons (Fsp3) is 0.538. The van der Waals surface area contributed by atoms with E-state index in [0.29, 0.717) is 22.6 Å². The number of hydrazine groups is 1.